The number of hydrogen-bond donors (Lipinski definition) is 2. The smallest absolute Gasteiger partial charge is 0.408 e. The van der Waals surface area contributed by atoms with Crippen LogP contribution >= 0.6 is 0 Å². The third-order valence-electron chi connectivity index (χ3n) is 13.0. The zero-order chi connectivity index (χ0) is 38.0. The summed E-state index contributed by atoms with van der Waals surface area (Å²) in [6.45, 7) is 10.6. The van der Waals surface area contributed by atoms with E-state index >= 15 is 4.39 Å². The first-order valence-corrected chi connectivity index (χ1v) is 19.4. The average Bonchev–Trinajstić information content (AvgIpc) is 3.80. The van der Waals surface area contributed by atoms with Crippen molar-refractivity contribution in [2.24, 2.45) is 5.41 Å². The van der Waals surface area contributed by atoms with Gasteiger partial charge in [0.1, 0.15) is 23.7 Å². The molecule has 0 spiro atoms. The van der Waals surface area contributed by atoms with Gasteiger partial charge in [-0.1, -0.05) is 52.0 Å². The predicted octanol–water partition coefficient (Wildman–Crippen LogP) is 7.25. The Hall–Kier alpha value is -4.26. The fourth-order valence-electron chi connectivity index (χ4n) is 10.3. The number of amides is 1. The summed E-state index contributed by atoms with van der Waals surface area (Å²) < 4.78 is 35.2. The van der Waals surface area contributed by atoms with Crippen molar-refractivity contribution in [3.63, 3.8) is 0 Å². The van der Waals surface area contributed by atoms with Crippen molar-refractivity contribution in [3.8, 4) is 22.9 Å². The lowest BCUT2D eigenvalue weighted by molar-refractivity contribution is 0.00526. The Morgan fingerprint density at radius 3 is 2.63 bits per heavy atom. The Morgan fingerprint density at radius 1 is 1.06 bits per heavy atom. The molecule has 0 radical (unpaired) electrons. The molecule has 3 aromatic carbocycles. The Bertz CT molecular complexity index is 2090. The SMILES string of the molecule is CCc1cccc2cc(OCOC)cc(-c3ccc4c(N5CC6CCC(C(C)(C)C)(C5)N6C(=O)O)nc(OC[C@]56CCCN5[C@H](CO)CC6)nc4c3F)c12. The molecule has 0 saturated carbocycles. The van der Waals surface area contributed by atoms with E-state index in [0.29, 0.717) is 47.8 Å². The van der Waals surface area contributed by atoms with Crippen LogP contribution in [0.4, 0.5) is 15.0 Å². The summed E-state index contributed by atoms with van der Waals surface area (Å²) in [7, 11) is 1.56. The van der Waals surface area contributed by atoms with Crippen LogP contribution in [0.5, 0.6) is 11.8 Å². The van der Waals surface area contributed by atoms with Gasteiger partial charge in [-0.25, -0.2) is 9.18 Å². The molecule has 2 bridgehead atoms. The molecule has 2 unspecified atom stereocenters. The van der Waals surface area contributed by atoms with Crippen molar-refractivity contribution >= 4 is 33.6 Å². The number of nitrogens with zero attached hydrogens (tertiary/aromatic N) is 5. The predicted molar refractivity (Wildman–Crippen MR) is 206 cm³/mol. The molecule has 54 heavy (non-hydrogen) atoms. The van der Waals surface area contributed by atoms with Gasteiger partial charge in [-0.15, -0.1) is 0 Å². The first-order valence-electron chi connectivity index (χ1n) is 19.4. The highest BCUT2D eigenvalue weighted by molar-refractivity contribution is 6.03. The second-order valence-corrected chi connectivity index (χ2v) is 16.7. The van der Waals surface area contributed by atoms with E-state index in [0.717, 1.165) is 67.8 Å². The Kier molecular flexibility index (Phi) is 9.38. The standard InChI is InChI=1S/C42H52FN5O6/c1-6-26-9-7-10-27-19-30(54-25-52-5)20-33(34(26)27)31-11-12-32-36(35(31)43)44-38(53-24-41-15-8-18-47(41)29(22-49)13-16-41)45-37(32)46-21-28-14-17-42(23-46,40(2,3)4)48(28)39(50)51/h7,9-12,19-20,28-29,49H,6,8,13-18,21-25H2,1-5H3,(H,50,51)/t28?,29-,41+,42?/m0/s1. The highest BCUT2D eigenvalue weighted by atomic mass is 19.1. The molecule has 12 heteroatoms. The molecule has 4 aromatic rings. The van der Waals surface area contributed by atoms with Crippen LogP contribution in [0.25, 0.3) is 32.8 Å². The molecular formula is C42H52FN5O6. The summed E-state index contributed by atoms with van der Waals surface area (Å²) in [6, 6.07) is 13.6. The zero-order valence-electron chi connectivity index (χ0n) is 32.0. The van der Waals surface area contributed by atoms with Gasteiger partial charge in [0, 0.05) is 37.2 Å². The van der Waals surface area contributed by atoms with Crippen LogP contribution < -0.4 is 14.4 Å². The number of carboxylic acid groups (broad SMARTS) is 1. The van der Waals surface area contributed by atoms with Gasteiger partial charge in [-0.05, 0) is 97.0 Å². The van der Waals surface area contributed by atoms with Crippen LogP contribution in [-0.2, 0) is 11.2 Å². The van der Waals surface area contributed by atoms with Gasteiger partial charge in [-0.3, -0.25) is 9.80 Å². The molecule has 11 nitrogen and oxygen atoms in total. The highest BCUT2D eigenvalue weighted by Gasteiger charge is 2.59. The summed E-state index contributed by atoms with van der Waals surface area (Å²) in [4.78, 5) is 28.8. The fraction of sp³-hybridized carbons (Fsp3) is 0.548. The lowest BCUT2D eigenvalue weighted by atomic mass is 9.71. The van der Waals surface area contributed by atoms with Gasteiger partial charge in [-0.2, -0.15) is 9.97 Å². The molecule has 288 valence electrons. The maximum absolute atomic E-state index is 17.5. The van der Waals surface area contributed by atoms with Gasteiger partial charge < -0.3 is 29.3 Å². The van der Waals surface area contributed by atoms with Gasteiger partial charge in [0.05, 0.1) is 23.7 Å². The van der Waals surface area contributed by atoms with Crippen LogP contribution in [0, 0.1) is 11.2 Å². The van der Waals surface area contributed by atoms with E-state index in [2.05, 4.69) is 43.6 Å². The number of rotatable bonds is 10. The van der Waals surface area contributed by atoms with E-state index in [1.807, 2.05) is 30.3 Å². The molecule has 4 fully saturated rings. The number of hydrogen-bond acceptors (Lipinski definition) is 9. The molecule has 5 heterocycles. The molecule has 1 amide bonds. The molecule has 4 atom stereocenters. The van der Waals surface area contributed by atoms with Gasteiger partial charge >= 0.3 is 12.1 Å². The third kappa shape index (κ3) is 5.83. The second-order valence-electron chi connectivity index (χ2n) is 16.7. The molecule has 1 aromatic heterocycles. The maximum atomic E-state index is 17.5. The number of anilines is 1. The van der Waals surface area contributed by atoms with E-state index in [-0.39, 0.29) is 48.0 Å². The van der Waals surface area contributed by atoms with Crippen LogP contribution in [0.3, 0.4) is 0 Å². The first kappa shape index (κ1) is 36.7. The topological polar surface area (TPSA) is 121 Å². The van der Waals surface area contributed by atoms with E-state index in [4.69, 9.17) is 24.2 Å². The molecule has 0 aliphatic carbocycles. The summed E-state index contributed by atoms with van der Waals surface area (Å²) in [5, 5.41) is 23.0. The number of fused-ring (bicyclic) bond motifs is 5. The number of ether oxygens (including phenoxy) is 3. The Balaban J connectivity index is 1.28. The minimum absolute atomic E-state index is 0.0556. The lowest BCUT2D eigenvalue weighted by Gasteiger charge is -2.54. The van der Waals surface area contributed by atoms with Crippen molar-refractivity contribution in [2.75, 3.05) is 51.7 Å². The zero-order valence-corrected chi connectivity index (χ0v) is 32.0. The Labute approximate surface area is 316 Å². The molecule has 4 saturated heterocycles. The number of carbonyl (C=O) groups is 1. The summed E-state index contributed by atoms with van der Waals surface area (Å²) in [5.74, 6) is 0.622. The van der Waals surface area contributed by atoms with Crippen molar-refractivity contribution in [1.82, 2.24) is 19.8 Å². The Morgan fingerprint density at radius 2 is 1.89 bits per heavy atom. The largest absolute Gasteiger partial charge is 0.468 e. The average molecular weight is 742 g/mol. The van der Waals surface area contributed by atoms with Crippen molar-refractivity contribution < 1.29 is 33.6 Å². The molecule has 8 rings (SSSR count). The molecular weight excluding hydrogens is 689 g/mol. The van der Waals surface area contributed by atoms with Crippen LogP contribution in [0.15, 0.2) is 42.5 Å². The number of aromatic nitrogens is 2. The number of benzene rings is 3. The van der Waals surface area contributed by atoms with E-state index in [1.165, 1.54) is 0 Å². The van der Waals surface area contributed by atoms with Gasteiger partial charge in [0.25, 0.3) is 0 Å². The second kappa shape index (κ2) is 13.8. The minimum Gasteiger partial charge on any atom is -0.468 e. The molecule has 4 aliphatic heterocycles. The van der Waals surface area contributed by atoms with E-state index in [1.54, 1.807) is 18.1 Å². The van der Waals surface area contributed by atoms with Gasteiger partial charge in [0.2, 0.25) is 0 Å². The third-order valence-corrected chi connectivity index (χ3v) is 13.0. The number of aliphatic hydroxyl groups is 1. The molecule has 4 aliphatic rings. The number of aliphatic hydroxyl groups excluding tert-OH is 1. The van der Waals surface area contributed by atoms with E-state index < -0.39 is 17.4 Å². The van der Waals surface area contributed by atoms with Crippen molar-refractivity contribution in [3.05, 3.63) is 53.8 Å². The summed E-state index contributed by atoms with van der Waals surface area (Å²) >= 11 is 0. The van der Waals surface area contributed by atoms with Crippen molar-refractivity contribution in [1.29, 1.82) is 0 Å². The van der Waals surface area contributed by atoms with Gasteiger partial charge in [0.15, 0.2) is 12.6 Å². The van der Waals surface area contributed by atoms with Crippen LogP contribution in [-0.4, -0.2) is 106 Å². The highest BCUT2D eigenvalue weighted by Crippen LogP contribution is 2.51. The maximum Gasteiger partial charge on any atom is 0.408 e. The van der Waals surface area contributed by atoms with Crippen LogP contribution in [0.2, 0.25) is 0 Å². The van der Waals surface area contributed by atoms with E-state index in [9.17, 15) is 15.0 Å². The van der Waals surface area contributed by atoms with Crippen molar-refractivity contribution in [2.45, 2.75) is 95.8 Å². The summed E-state index contributed by atoms with van der Waals surface area (Å²) in [6.07, 6.45) is 5.09. The monoisotopic (exact) mass is 741 g/mol. The number of aryl methyl sites for hydroxylation is 1. The normalized spacial score (nSPS) is 25.5. The molecule has 2 N–H and O–H groups in total. The number of piperazine rings is 1. The summed E-state index contributed by atoms with van der Waals surface area (Å²) in [5.41, 5.74) is 1.05. The first-order chi connectivity index (χ1) is 25.9. The fourth-order valence-corrected chi connectivity index (χ4v) is 10.3. The lowest BCUT2D eigenvalue weighted by Crippen LogP contribution is -2.68. The number of methoxy groups -OCH3 is 1. The number of halogens is 1. The van der Waals surface area contributed by atoms with Crippen LogP contribution in [0.1, 0.15) is 71.8 Å². The minimum atomic E-state index is -0.909. The quantitative estimate of drug-likeness (QED) is 0.161.